The lowest BCUT2D eigenvalue weighted by Crippen LogP contribution is -2.32. The average Bonchev–Trinajstić information content (AvgIpc) is 3.27. The molecule has 0 spiro atoms. The molecule has 156 valence electrons. The number of hydrogen-bond donors (Lipinski definition) is 1. The van der Waals surface area contributed by atoms with Crippen molar-refractivity contribution in [3.05, 3.63) is 96.3 Å². The number of halogens is 1. The lowest BCUT2D eigenvalue weighted by molar-refractivity contribution is 0.202. The summed E-state index contributed by atoms with van der Waals surface area (Å²) in [4.78, 5) is 15.2. The number of aromatic nitrogens is 3. The van der Waals surface area contributed by atoms with Crippen molar-refractivity contribution in [1.82, 2.24) is 19.9 Å². The van der Waals surface area contributed by atoms with Gasteiger partial charge in [-0.2, -0.15) is 0 Å². The van der Waals surface area contributed by atoms with Gasteiger partial charge in [-0.1, -0.05) is 30.3 Å². The fraction of sp³-hybridized carbons (Fsp3) is 0.231. The van der Waals surface area contributed by atoms with Crippen molar-refractivity contribution in [3.63, 3.8) is 0 Å². The van der Waals surface area contributed by atoms with E-state index in [9.17, 15) is 4.39 Å². The second-order valence-corrected chi connectivity index (χ2v) is 8.12. The molecular formula is C26H25FN4. The third-order valence-electron chi connectivity index (χ3n) is 6.03. The highest BCUT2D eigenvalue weighted by molar-refractivity contribution is 5.78. The maximum absolute atomic E-state index is 13.5. The molecule has 1 aliphatic heterocycles. The van der Waals surface area contributed by atoms with Crippen LogP contribution in [0.3, 0.4) is 0 Å². The minimum atomic E-state index is -0.236. The van der Waals surface area contributed by atoms with Crippen LogP contribution in [0.2, 0.25) is 0 Å². The summed E-state index contributed by atoms with van der Waals surface area (Å²) in [6.07, 6.45) is 5.69. The molecule has 1 aliphatic rings. The van der Waals surface area contributed by atoms with Gasteiger partial charge in [-0.15, -0.1) is 0 Å². The highest BCUT2D eigenvalue weighted by Crippen LogP contribution is 2.34. The van der Waals surface area contributed by atoms with Gasteiger partial charge in [0.15, 0.2) is 0 Å². The number of rotatable bonds is 5. The average molecular weight is 413 g/mol. The van der Waals surface area contributed by atoms with E-state index in [0.29, 0.717) is 5.92 Å². The first-order valence-corrected chi connectivity index (χ1v) is 10.8. The second-order valence-electron chi connectivity index (χ2n) is 8.12. The molecule has 1 N–H and O–H groups in total. The molecule has 0 unspecified atom stereocenters. The van der Waals surface area contributed by atoms with E-state index in [1.165, 1.54) is 17.7 Å². The van der Waals surface area contributed by atoms with Gasteiger partial charge >= 0.3 is 0 Å². The first kappa shape index (κ1) is 19.6. The number of aromatic amines is 1. The maximum atomic E-state index is 13.5. The number of hydrogen-bond acceptors (Lipinski definition) is 3. The van der Waals surface area contributed by atoms with Gasteiger partial charge in [0.2, 0.25) is 0 Å². The molecule has 0 amide bonds. The first-order valence-electron chi connectivity index (χ1n) is 10.8. The van der Waals surface area contributed by atoms with Crippen molar-refractivity contribution in [3.8, 4) is 22.5 Å². The summed E-state index contributed by atoms with van der Waals surface area (Å²) in [6.45, 7) is 3.10. The largest absolute Gasteiger partial charge is 0.341 e. The van der Waals surface area contributed by atoms with E-state index in [1.807, 2.05) is 12.1 Å². The summed E-state index contributed by atoms with van der Waals surface area (Å²) in [7, 11) is 0. The molecule has 5 rings (SSSR count). The van der Waals surface area contributed by atoms with E-state index in [2.05, 4.69) is 45.2 Å². The summed E-state index contributed by atoms with van der Waals surface area (Å²) >= 11 is 0. The van der Waals surface area contributed by atoms with Gasteiger partial charge in [0.05, 0.1) is 11.4 Å². The Bertz CT molecular complexity index is 1120. The predicted octanol–water partition coefficient (Wildman–Crippen LogP) is 5.66. The molecule has 31 heavy (non-hydrogen) atoms. The van der Waals surface area contributed by atoms with Crippen molar-refractivity contribution >= 4 is 0 Å². The molecule has 1 saturated heterocycles. The van der Waals surface area contributed by atoms with Crippen molar-refractivity contribution < 1.29 is 4.39 Å². The van der Waals surface area contributed by atoms with Crippen LogP contribution in [-0.4, -0.2) is 32.9 Å². The predicted molar refractivity (Wildman–Crippen MR) is 121 cm³/mol. The van der Waals surface area contributed by atoms with Gasteiger partial charge in [-0.3, -0.25) is 9.88 Å². The lowest BCUT2D eigenvalue weighted by Gasteiger charge is -2.31. The molecule has 2 aromatic heterocycles. The number of likely N-dealkylation sites (tertiary alicyclic amines) is 1. The van der Waals surface area contributed by atoms with Gasteiger partial charge in [-0.25, -0.2) is 9.37 Å². The maximum Gasteiger partial charge on any atom is 0.123 e. The van der Waals surface area contributed by atoms with Gasteiger partial charge in [0.25, 0.3) is 0 Å². The molecule has 3 heterocycles. The van der Waals surface area contributed by atoms with E-state index >= 15 is 0 Å². The Morgan fingerprint density at radius 3 is 2.29 bits per heavy atom. The van der Waals surface area contributed by atoms with Crippen molar-refractivity contribution in [1.29, 1.82) is 0 Å². The SMILES string of the molecule is Fc1ccc(-c2[nH]c(C3CCN(Cc4ccccc4)CC3)nc2-c2ccncc2)cc1. The van der Waals surface area contributed by atoms with Gasteiger partial charge in [0, 0.05) is 36.0 Å². The Kier molecular flexibility index (Phi) is 5.59. The summed E-state index contributed by atoms with van der Waals surface area (Å²) in [6, 6.07) is 21.2. The van der Waals surface area contributed by atoms with Crippen molar-refractivity contribution in [2.45, 2.75) is 25.3 Å². The Hall–Kier alpha value is -3.31. The molecule has 0 atom stereocenters. The normalized spacial score (nSPS) is 15.3. The number of H-pyrrole nitrogens is 1. The zero-order valence-corrected chi connectivity index (χ0v) is 17.3. The highest BCUT2D eigenvalue weighted by atomic mass is 19.1. The highest BCUT2D eigenvalue weighted by Gasteiger charge is 2.25. The van der Waals surface area contributed by atoms with Gasteiger partial charge in [0.1, 0.15) is 11.6 Å². The Balaban J connectivity index is 1.38. The number of imidazole rings is 1. The van der Waals surface area contributed by atoms with Gasteiger partial charge < -0.3 is 4.98 Å². The smallest absolute Gasteiger partial charge is 0.123 e. The van der Waals surface area contributed by atoms with Crippen LogP contribution in [0, 0.1) is 5.82 Å². The lowest BCUT2D eigenvalue weighted by atomic mass is 9.96. The minimum absolute atomic E-state index is 0.236. The number of nitrogens with one attached hydrogen (secondary N) is 1. The zero-order chi connectivity index (χ0) is 21.0. The number of piperidine rings is 1. The van der Waals surface area contributed by atoms with Crippen LogP contribution >= 0.6 is 0 Å². The molecule has 0 aliphatic carbocycles. The third kappa shape index (κ3) is 4.42. The number of nitrogens with zero attached hydrogens (tertiary/aromatic N) is 3. The molecule has 1 fully saturated rings. The molecular weight excluding hydrogens is 387 g/mol. The van der Waals surface area contributed by atoms with Crippen molar-refractivity contribution in [2.75, 3.05) is 13.1 Å². The Morgan fingerprint density at radius 2 is 1.58 bits per heavy atom. The van der Waals surface area contributed by atoms with Crippen LogP contribution in [0.1, 0.15) is 30.1 Å². The molecule has 0 bridgehead atoms. The summed E-state index contributed by atoms with van der Waals surface area (Å²) in [5.41, 5.74) is 5.15. The molecule has 2 aromatic carbocycles. The molecule has 0 saturated carbocycles. The zero-order valence-electron chi connectivity index (χ0n) is 17.3. The fourth-order valence-electron chi connectivity index (χ4n) is 4.34. The van der Waals surface area contributed by atoms with E-state index in [1.54, 1.807) is 24.5 Å². The summed E-state index contributed by atoms with van der Waals surface area (Å²) < 4.78 is 13.5. The molecule has 5 heteroatoms. The summed E-state index contributed by atoms with van der Waals surface area (Å²) in [5, 5.41) is 0. The number of pyridine rings is 1. The Morgan fingerprint density at radius 1 is 0.871 bits per heavy atom. The van der Waals surface area contributed by atoms with E-state index in [-0.39, 0.29) is 5.82 Å². The molecule has 4 nitrogen and oxygen atoms in total. The monoisotopic (exact) mass is 412 g/mol. The fourth-order valence-corrected chi connectivity index (χ4v) is 4.34. The quantitative estimate of drug-likeness (QED) is 0.460. The second kappa shape index (κ2) is 8.82. The van der Waals surface area contributed by atoms with Crippen LogP contribution in [0.15, 0.2) is 79.1 Å². The van der Waals surface area contributed by atoms with E-state index < -0.39 is 0 Å². The molecule has 0 radical (unpaired) electrons. The van der Waals surface area contributed by atoms with Gasteiger partial charge in [-0.05, 0) is 67.9 Å². The topological polar surface area (TPSA) is 44.8 Å². The minimum Gasteiger partial charge on any atom is -0.341 e. The standard InChI is InChI=1S/C26H25FN4/c27-23-8-6-20(7-9-23)24-25(21-10-14-28-15-11-21)30-26(29-24)22-12-16-31(17-13-22)18-19-4-2-1-3-5-19/h1-11,14-15,22H,12-13,16-18H2,(H,29,30). The van der Waals surface area contributed by atoms with Crippen LogP contribution in [0.5, 0.6) is 0 Å². The van der Waals surface area contributed by atoms with Crippen LogP contribution in [0.25, 0.3) is 22.5 Å². The molecule has 4 aromatic rings. The Labute approximate surface area is 181 Å². The van der Waals surface area contributed by atoms with E-state index in [4.69, 9.17) is 4.98 Å². The van der Waals surface area contributed by atoms with Crippen LogP contribution in [0.4, 0.5) is 4.39 Å². The van der Waals surface area contributed by atoms with Crippen molar-refractivity contribution in [2.24, 2.45) is 0 Å². The summed E-state index contributed by atoms with van der Waals surface area (Å²) in [5.74, 6) is 1.17. The van der Waals surface area contributed by atoms with Crippen LogP contribution < -0.4 is 0 Å². The third-order valence-corrected chi connectivity index (χ3v) is 6.03. The van der Waals surface area contributed by atoms with Crippen LogP contribution in [-0.2, 0) is 6.54 Å². The number of benzene rings is 2. The van der Waals surface area contributed by atoms with E-state index in [0.717, 1.165) is 60.8 Å². The first-order chi connectivity index (χ1) is 15.3.